The number of rotatable bonds is 5. The lowest BCUT2D eigenvalue weighted by Gasteiger charge is -2.17. The monoisotopic (exact) mass is 294 g/mol. The summed E-state index contributed by atoms with van der Waals surface area (Å²) in [6.07, 6.45) is 0.399. The van der Waals surface area contributed by atoms with Gasteiger partial charge in [0.25, 0.3) is 0 Å². The van der Waals surface area contributed by atoms with Crippen molar-refractivity contribution in [2.24, 2.45) is 5.84 Å². The molecule has 0 saturated carbocycles. The van der Waals surface area contributed by atoms with Gasteiger partial charge in [-0.25, -0.2) is 4.39 Å². The lowest BCUT2D eigenvalue weighted by Crippen LogP contribution is -2.29. The summed E-state index contributed by atoms with van der Waals surface area (Å²) in [4.78, 5) is 0. The summed E-state index contributed by atoms with van der Waals surface area (Å²) in [6.45, 7) is 0. The van der Waals surface area contributed by atoms with Crippen LogP contribution in [0.2, 0.25) is 5.02 Å². The van der Waals surface area contributed by atoms with Gasteiger partial charge in [-0.15, -0.1) is 0 Å². The fraction of sp³-hybridized carbons (Fsp3) is 0.200. The number of hydrazine groups is 1. The van der Waals surface area contributed by atoms with Gasteiger partial charge in [0.1, 0.15) is 11.6 Å². The minimum Gasteiger partial charge on any atom is -0.497 e. The van der Waals surface area contributed by atoms with Crippen LogP contribution >= 0.6 is 11.6 Å². The zero-order valence-corrected chi connectivity index (χ0v) is 11.8. The van der Waals surface area contributed by atoms with E-state index in [4.69, 9.17) is 22.2 Å². The Labute approximate surface area is 122 Å². The first-order chi connectivity index (χ1) is 9.63. The van der Waals surface area contributed by atoms with Crippen LogP contribution in [0.1, 0.15) is 17.2 Å². The molecule has 0 aliphatic rings. The van der Waals surface area contributed by atoms with E-state index in [1.807, 2.05) is 24.3 Å². The fourth-order valence-corrected chi connectivity index (χ4v) is 2.25. The van der Waals surface area contributed by atoms with Gasteiger partial charge in [0.2, 0.25) is 0 Å². The van der Waals surface area contributed by atoms with Gasteiger partial charge in [-0.1, -0.05) is 23.7 Å². The van der Waals surface area contributed by atoms with Crippen molar-refractivity contribution >= 4 is 11.6 Å². The number of halogens is 2. The molecule has 0 heterocycles. The number of nitrogens with two attached hydrogens (primary N) is 1. The van der Waals surface area contributed by atoms with Crippen molar-refractivity contribution in [3.05, 3.63) is 64.4 Å². The molecular weight excluding hydrogens is 279 g/mol. The molecule has 0 radical (unpaired) electrons. The topological polar surface area (TPSA) is 47.3 Å². The third kappa shape index (κ3) is 3.48. The van der Waals surface area contributed by atoms with Crippen LogP contribution in [0.3, 0.4) is 0 Å². The van der Waals surface area contributed by atoms with E-state index in [2.05, 4.69) is 5.43 Å². The Bertz CT molecular complexity index is 592. The molecule has 0 bridgehead atoms. The summed E-state index contributed by atoms with van der Waals surface area (Å²) in [6, 6.07) is 11.8. The van der Waals surface area contributed by atoms with Crippen LogP contribution in [0.4, 0.5) is 4.39 Å². The average molecular weight is 295 g/mol. The van der Waals surface area contributed by atoms with Crippen LogP contribution in [0.5, 0.6) is 5.75 Å². The van der Waals surface area contributed by atoms with Crippen molar-refractivity contribution in [2.75, 3.05) is 7.11 Å². The molecule has 0 fully saturated rings. The minimum absolute atomic E-state index is 0.224. The predicted molar refractivity (Wildman–Crippen MR) is 78.2 cm³/mol. The van der Waals surface area contributed by atoms with Gasteiger partial charge in [0.15, 0.2) is 0 Å². The van der Waals surface area contributed by atoms with Crippen LogP contribution in [0, 0.1) is 5.82 Å². The van der Waals surface area contributed by atoms with Crippen molar-refractivity contribution in [1.29, 1.82) is 0 Å². The van der Waals surface area contributed by atoms with Crippen LogP contribution in [-0.2, 0) is 6.42 Å². The Morgan fingerprint density at radius 2 is 2.10 bits per heavy atom. The largest absolute Gasteiger partial charge is 0.497 e. The maximum atomic E-state index is 13.8. The second-order valence-electron chi connectivity index (χ2n) is 4.44. The highest BCUT2D eigenvalue weighted by Crippen LogP contribution is 2.24. The maximum Gasteiger partial charge on any atom is 0.126 e. The summed E-state index contributed by atoms with van der Waals surface area (Å²) in [5, 5.41) is 0.503. The summed E-state index contributed by atoms with van der Waals surface area (Å²) in [7, 11) is 1.60. The molecule has 2 aromatic rings. The highest BCUT2D eigenvalue weighted by molar-refractivity contribution is 6.30. The van der Waals surface area contributed by atoms with E-state index >= 15 is 0 Å². The Balaban J connectivity index is 2.26. The van der Waals surface area contributed by atoms with Gasteiger partial charge in [-0.2, -0.15) is 0 Å². The number of hydrogen-bond acceptors (Lipinski definition) is 3. The van der Waals surface area contributed by atoms with Crippen molar-refractivity contribution < 1.29 is 9.13 Å². The molecule has 106 valence electrons. The molecule has 2 rings (SSSR count). The lowest BCUT2D eigenvalue weighted by atomic mass is 9.99. The third-order valence-electron chi connectivity index (χ3n) is 3.13. The van der Waals surface area contributed by atoms with Gasteiger partial charge in [-0.3, -0.25) is 11.3 Å². The van der Waals surface area contributed by atoms with Crippen LogP contribution in [0.15, 0.2) is 42.5 Å². The molecule has 1 atom stereocenters. The molecule has 0 aromatic heterocycles. The molecule has 0 aliphatic carbocycles. The lowest BCUT2D eigenvalue weighted by molar-refractivity contribution is 0.413. The Morgan fingerprint density at radius 1 is 1.30 bits per heavy atom. The first-order valence-electron chi connectivity index (χ1n) is 6.18. The van der Waals surface area contributed by atoms with E-state index in [1.165, 1.54) is 12.1 Å². The molecular formula is C15H16ClFN2O. The van der Waals surface area contributed by atoms with Gasteiger partial charge < -0.3 is 4.74 Å². The molecule has 0 aliphatic heterocycles. The molecule has 3 N–H and O–H groups in total. The van der Waals surface area contributed by atoms with Crippen LogP contribution < -0.4 is 16.0 Å². The summed E-state index contributed by atoms with van der Waals surface area (Å²) >= 11 is 5.90. The quantitative estimate of drug-likeness (QED) is 0.657. The third-order valence-corrected chi connectivity index (χ3v) is 3.36. The predicted octanol–water partition coefficient (Wildman–Crippen LogP) is 3.23. The Kier molecular flexibility index (Phi) is 4.95. The van der Waals surface area contributed by atoms with E-state index in [0.29, 0.717) is 17.0 Å². The summed E-state index contributed by atoms with van der Waals surface area (Å²) < 4.78 is 19.0. The van der Waals surface area contributed by atoms with E-state index in [1.54, 1.807) is 13.2 Å². The summed E-state index contributed by atoms with van der Waals surface area (Å²) in [5.41, 5.74) is 4.14. The number of hydrogen-bond donors (Lipinski definition) is 2. The normalized spacial score (nSPS) is 12.2. The van der Waals surface area contributed by atoms with Crippen molar-refractivity contribution in [3.63, 3.8) is 0 Å². The Morgan fingerprint density at radius 3 is 2.80 bits per heavy atom. The average Bonchev–Trinajstić information content (AvgIpc) is 2.48. The molecule has 20 heavy (non-hydrogen) atoms. The first kappa shape index (κ1) is 14.8. The second kappa shape index (κ2) is 6.70. The fourth-order valence-electron chi connectivity index (χ4n) is 2.05. The van der Waals surface area contributed by atoms with E-state index in [0.717, 1.165) is 11.3 Å². The summed E-state index contributed by atoms with van der Waals surface area (Å²) in [5.74, 6) is 6.02. The molecule has 1 unspecified atom stereocenters. The molecule has 0 amide bonds. The van der Waals surface area contributed by atoms with Crippen molar-refractivity contribution in [1.82, 2.24) is 5.43 Å². The van der Waals surface area contributed by atoms with Gasteiger partial charge in [0, 0.05) is 5.02 Å². The number of ether oxygens (including phenoxy) is 1. The number of methoxy groups -OCH3 is 1. The maximum absolute atomic E-state index is 13.8. The standard InChI is InChI=1S/C15H16ClFN2O/c1-20-13-4-2-3-10(8-13)15(19-18)9-11-7-12(16)5-6-14(11)17/h2-8,15,19H,9,18H2,1H3. The number of nitrogens with one attached hydrogen (secondary N) is 1. The molecule has 0 spiro atoms. The van der Waals surface area contributed by atoms with Crippen molar-refractivity contribution in [3.8, 4) is 5.75 Å². The second-order valence-corrected chi connectivity index (χ2v) is 4.87. The molecule has 3 nitrogen and oxygen atoms in total. The highest BCUT2D eigenvalue weighted by atomic mass is 35.5. The van der Waals surface area contributed by atoms with Crippen LogP contribution in [0.25, 0.3) is 0 Å². The van der Waals surface area contributed by atoms with Gasteiger partial charge in [0.05, 0.1) is 13.2 Å². The SMILES string of the molecule is COc1cccc(C(Cc2cc(Cl)ccc2F)NN)c1. The zero-order chi connectivity index (χ0) is 14.5. The van der Waals surface area contributed by atoms with Gasteiger partial charge >= 0.3 is 0 Å². The number of benzene rings is 2. The Hall–Kier alpha value is -1.62. The van der Waals surface area contributed by atoms with E-state index in [-0.39, 0.29) is 11.9 Å². The molecule has 5 heteroatoms. The van der Waals surface area contributed by atoms with Crippen molar-refractivity contribution in [2.45, 2.75) is 12.5 Å². The highest BCUT2D eigenvalue weighted by Gasteiger charge is 2.14. The van der Waals surface area contributed by atoms with E-state index in [9.17, 15) is 4.39 Å². The van der Waals surface area contributed by atoms with Gasteiger partial charge in [-0.05, 0) is 47.9 Å². The van der Waals surface area contributed by atoms with E-state index < -0.39 is 0 Å². The molecule has 0 saturated heterocycles. The minimum atomic E-state index is -0.294. The first-order valence-corrected chi connectivity index (χ1v) is 6.56. The molecule has 2 aromatic carbocycles. The smallest absolute Gasteiger partial charge is 0.126 e. The van der Waals surface area contributed by atoms with Crippen LogP contribution in [-0.4, -0.2) is 7.11 Å². The zero-order valence-electron chi connectivity index (χ0n) is 11.1.